The summed E-state index contributed by atoms with van der Waals surface area (Å²) in [6.45, 7) is 7.17. The molecule has 2 N–H and O–H groups in total. The predicted octanol–water partition coefficient (Wildman–Crippen LogP) is 2.22. The maximum Gasteiger partial charge on any atom is 0.326 e. The Morgan fingerprint density at radius 3 is 2.22 bits per heavy atom. The number of aryl methyl sites for hydroxylation is 1. The van der Waals surface area contributed by atoms with Crippen molar-refractivity contribution in [2.75, 3.05) is 0 Å². The number of nitrogens with one attached hydrogen (secondary N) is 1. The summed E-state index contributed by atoms with van der Waals surface area (Å²) in [5, 5.41) is 11.7. The first-order valence-electron chi connectivity index (χ1n) is 5.83. The first kappa shape index (κ1) is 14.2. The zero-order chi connectivity index (χ0) is 13.9. The second-order valence-corrected chi connectivity index (χ2v) is 5.43. The van der Waals surface area contributed by atoms with Gasteiger partial charge in [-0.05, 0) is 24.0 Å². The van der Waals surface area contributed by atoms with Gasteiger partial charge in [0.15, 0.2) is 0 Å². The average Bonchev–Trinajstić information content (AvgIpc) is 2.24. The summed E-state index contributed by atoms with van der Waals surface area (Å²) in [6, 6.07) is 6.19. The minimum absolute atomic E-state index is 0.351. The van der Waals surface area contributed by atoms with Gasteiger partial charge in [0.2, 0.25) is 0 Å². The van der Waals surface area contributed by atoms with Crippen molar-refractivity contribution in [1.82, 2.24) is 5.32 Å². The molecule has 0 unspecified atom stereocenters. The summed E-state index contributed by atoms with van der Waals surface area (Å²) >= 11 is 0. The predicted molar refractivity (Wildman–Crippen MR) is 69.5 cm³/mol. The van der Waals surface area contributed by atoms with Gasteiger partial charge in [-0.1, -0.05) is 39.0 Å². The normalized spacial score (nSPS) is 12.9. The highest BCUT2D eigenvalue weighted by Gasteiger charge is 2.32. The highest BCUT2D eigenvalue weighted by Crippen LogP contribution is 2.20. The van der Waals surface area contributed by atoms with E-state index in [-0.39, 0.29) is 5.91 Å². The Balaban J connectivity index is 2.93. The van der Waals surface area contributed by atoms with Gasteiger partial charge in [0, 0.05) is 5.56 Å². The standard InChI is InChI=1S/C14H19NO3/c1-9-7-5-6-8-10(9)12(16)15-11(13(17)18)14(2,3)4/h5-8,11H,1-4H3,(H,15,16)(H,17,18)/t11-/m1/s1. The van der Waals surface area contributed by atoms with Crippen molar-refractivity contribution in [1.29, 1.82) is 0 Å². The van der Waals surface area contributed by atoms with Crippen LogP contribution in [0.2, 0.25) is 0 Å². The van der Waals surface area contributed by atoms with Gasteiger partial charge in [0.25, 0.3) is 5.91 Å². The van der Waals surface area contributed by atoms with Gasteiger partial charge in [-0.3, -0.25) is 4.79 Å². The smallest absolute Gasteiger partial charge is 0.326 e. The SMILES string of the molecule is Cc1ccccc1C(=O)N[C@H](C(=O)O)C(C)(C)C. The number of carbonyl (C=O) groups excluding carboxylic acids is 1. The molecule has 18 heavy (non-hydrogen) atoms. The molecule has 0 aliphatic rings. The average molecular weight is 249 g/mol. The van der Waals surface area contributed by atoms with Crippen LogP contribution in [-0.4, -0.2) is 23.0 Å². The van der Waals surface area contributed by atoms with Gasteiger partial charge < -0.3 is 10.4 Å². The Labute approximate surface area is 107 Å². The molecule has 1 aromatic rings. The number of amides is 1. The van der Waals surface area contributed by atoms with E-state index in [1.807, 2.05) is 19.1 Å². The Bertz CT molecular complexity index is 460. The zero-order valence-electron chi connectivity index (χ0n) is 11.2. The van der Waals surface area contributed by atoms with E-state index in [4.69, 9.17) is 5.11 Å². The van der Waals surface area contributed by atoms with E-state index >= 15 is 0 Å². The van der Waals surface area contributed by atoms with E-state index in [1.165, 1.54) is 0 Å². The molecule has 0 fully saturated rings. The number of carboxylic acid groups (broad SMARTS) is 1. The van der Waals surface area contributed by atoms with Crippen LogP contribution in [0, 0.1) is 12.3 Å². The van der Waals surface area contributed by atoms with Crippen LogP contribution >= 0.6 is 0 Å². The molecule has 98 valence electrons. The largest absolute Gasteiger partial charge is 0.480 e. The zero-order valence-corrected chi connectivity index (χ0v) is 11.2. The first-order chi connectivity index (χ1) is 8.23. The van der Waals surface area contributed by atoms with Crippen LogP contribution in [-0.2, 0) is 4.79 Å². The summed E-state index contributed by atoms with van der Waals surface area (Å²) in [7, 11) is 0. The molecule has 4 nitrogen and oxygen atoms in total. The Hall–Kier alpha value is -1.84. The van der Waals surface area contributed by atoms with Crippen molar-refractivity contribution in [2.45, 2.75) is 33.7 Å². The third-order valence-corrected chi connectivity index (χ3v) is 2.78. The van der Waals surface area contributed by atoms with Crippen molar-refractivity contribution in [3.05, 3.63) is 35.4 Å². The van der Waals surface area contributed by atoms with Crippen molar-refractivity contribution < 1.29 is 14.7 Å². The lowest BCUT2D eigenvalue weighted by atomic mass is 9.86. The number of rotatable bonds is 3. The second-order valence-electron chi connectivity index (χ2n) is 5.43. The maximum atomic E-state index is 12.1. The van der Waals surface area contributed by atoms with E-state index in [0.29, 0.717) is 5.56 Å². The minimum atomic E-state index is -1.02. The number of carbonyl (C=O) groups is 2. The molecular formula is C14H19NO3. The molecule has 0 radical (unpaired) electrons. The van der Waals surface area contributed by atoms with Gasteiger partial charge in [0.05, 0.1) is 0 Å². The second kappa shape index (κ2) is 5.21. The highest BCUT2D eigenvalue weighted by molar-refractivity contribution is 5.97. The summed E-state index contributed by atoms with van der Waals surface area (Å²) < 4.78 is 0. The lowest BCUT2D eigenvalue weighted by molar-refractivity contribution is -0.142. The molecule has 0 aliphatic carbocycles. The quantitative estimate of drug-likeness (QED) is 0.863. The Morgan fingerprint density at radius 1 is 1.22 bits per heavy atom. The highest BCUT2D eigenvalue weighted by atomic mass is 16.4. The molecule has 0 spiro atoms. The molecule has 0 heterocycles. The minimum Gasteiger partial charge on any atom is -0.480 e. The lowest BCUT2D eigenvalue weighted by Crippen LogP contribution is -2.49. The molecule has 1 aromatic carbocycles. The van der Waals surface area contributed by atoms with Crippen LogP contribution < -0.4 is 5.32 Å². The molecule has 0 saturated heterocycles. The summed E-state index contributed by atoms with van der Waals surface area (Å²) in [5.74, 6) is -1.38. The van der Waals surface area contributed by atoms with Gasteiger partial charge in [0.1, 0.15) is 6.04 Å². The van der Waals surface area contributed by atoms with E-state index in [2.05, 4.69) is 5.32 Å². The van der Waals surface area contributed by atoms with Crippen molar-refractivity contribution in [2.24, 2.45) is 5.41 Å². The molecule has 0 bridgehead atoms. The number of benzene rings is 1. The number of hydrogen-bond acceptors (Lipinski definition) is 2. The fourth-order valence-corrected chi connectivity index (χ4v) is 1.69. The molecule has 4 heteroatoms. The monoisotopic (exact) mass is 249 g/mol. The van der Waals surface area contributed by atoms with E-state index in [9.17, 15) is 9.59 Å². The molecule has 1 rings (SSSR count). The van der Waals surface area contributed by atoms with Gasteiger partial charge in [-0.25, -0.2) is 4.79 Å². The van der Waals surface area contributed by atoms with Gasteiger partial charge in [-0.2, -0.15) is 0 Å². The molecule has 1 amide bonds. The molecule has 0 aliphatic heterocycles. The summed E-state index contributed by atoms with van der Waals surface area (Å²) in [6.07, 6.45) is 0. The van der Waals surface area contributed by atoms with E-state index in [0.717, 1.165) is 5.56 Å². The van der Waals surface area contributed by atoms with Gasteiger partial charge >= 0.3 is 5.97 Å². The maximum absolute atomic E-state index is 12.1. The Kier molecular flexibility index (Phi) is 4.11. The molecule has 1 atom stereocenters. The molecule has 0 aromatic heterocycles. The van der Waals surface area contributed by atoms with Crippen LogP contribution in [0.1, 0.15) is 36.7 Å². The topological polar surface area (TPSA) is 66.4 Å². The van der Waals surface area contributed by atoms with E-state index in [1.54, 1.807) is 32.9 Å². The van der Waals surface area contributed by atoms with E-state index < -0.39 is 17.4 Å². The first-order valence-corrected chi connectivity index (χ1v) is 5.83. The number of aliphatic carboxylic acids is 1. The van der Waals surface area contributed by atoms with Gasteiger partial charge in [-0.15, -0.1) is 0 Å². The van der Waals surface area contributed by atoms with Crippen LogP contribution in [0.5, 0.6) is 0 Å². The van der Waals surface area contributed by atoms with Crippen molar-refractivity contribution >= 4 is 11.9 Å². The third-order valence-electron chi connectivity index (χ3n) is 2.78. The molecule has 0 saturated carbocycles. The Morgan fingerprint density at radius 2 is 1.78 bits per heavy atom. The summed E-state index contributed by atoms with van der Waals surface area (Å²) in [4.78, 5) is 23.2. The third kappa shape index (κ3) is 3.32. The number of hydrogen-bond donors (Lipinski definition) is 2. The fraction of sp³-hybridized carbons (Fsp3) is 0.429. The van der Waals surface area contributed by atoms with Crippen LogP contribution in [0.25, 0.3) is 0 Å². The van der Waals surface area contributed by atoms with Crippen LogP contribution in [0.4, 0.5) is 0 Å². The summed E-state index contributed by atoms with van der Waals surface area (Å²) in [5.41, 5.74) is 0.797. The lowest BCUT2D eigenvalue weighted by Gasteiger charge is -2.27. The van der Waals surface area contributed by atoms with Crippen molar-refractivity contribution in [3.8, 4) is 0 Å². The molecular weight excluding hydrogens is 230 g/mol. The fourth-order valence-electron chi connectivity index (χ4n) is 1.69. The number of carboxylic acids is 1. The van der Waals surface area contributed by atoms with Crippen LogP contribution in [0.15, 0.2) is 24.3 Å². The van der Waals surface area contributed by atoms with Crippen LogP contribution in [0.3, 0.4) is 0 Å². The van der Waals surface area contributed by atoms with Crippen molar-refractivity contribution in [3.63, 3.8) is 0 Å².